The zero-order chi connectivity index (χ0) is 13.0. The molecule has 1 aromatic rings. The van der Waals surface area contributed by atoms with Crippen LogP contribution < -0.4 is 10.6 Å². The number of hydrogen-bond acceptors (Lipinski definition) is 3. The number of nitrogens with one attached hydrogen (secondary N) is 2. The van der Waals surface area contributed by atoms with Crippen molar-refractivity contribution in [2.45, 2.75) is 19.4 Å². The van der Waals surface area contributed by atoms with Crippen LogP contribution in [0.4, 0.5) is 10.1 Å². The maximum Gasteiger partial charge on any atom is 0.226 e. The van der Waals surface area contributed by atoms with Gasteiger partial charge >= 0.3 is 0 Å². The number of rotatable bonds is 3. The van der Waals surface area contributed by atoms with Gasteiger partial charge in [-0.15, -0.1) is 0 Å². The van der Waals surface area contributed by atoms with Crippen LogP contribution in [0.15, 0.2) is 18.2 Å². The Balaban J connectivity index is 1.89. The second-order valence-corrected chi connectivity index (χ2v) is 4.50. The molecule has 0 aromatic heterocycles. The molecule has 1 aromatic carbocycles. The van der Waals surface area contributed by atoms with Gasteiger partial charge in [0.05, 0.1) is 13.2 Å². The van der Waals surface area contributed by atoms with Gasteiger partial charge in [-0.05, 0) is 30.7 Å². The van der Waals surface area contributed by atoms with Crippen molar-refractivity contribution in [2.24, 2.45) is 0 Å². The largest absolute Gasteiger partial charge is 0.378 e. The molecule has 5 heteroatoms. The predicted octanol–water partition coefficient (Wildman–Crippen LogP) is 1.45. The van der Waals surface area contributed by atoms with E-state index in [1.54, 1.807) is 13.0 Å². The topological polar surface area (TPSA) is 50.4 Å². The fraction of sp³-hybridized carbons (Fsp3) is 0.462. The summed E-state index contributed by atoms with van der Waals surface area (Å²) in [5, 5.41) is 5.90. The molecule has 1 fully saturated rings. The monoisotopic (exact) mass is 252 g/mol. The maximum absolute atomic E-state index is 13.2. The Bertz CT molecular complexity index is 411. The number of carbonyl (C=O) groups excluding carboxylic acids is 1. The van der Waals surface area contributed by atoms with Crippen LogP contribution in [0.3, 0.4) is 0 Å². The van der Waals surface area contributed by atoms with Crippen molar-refractivity contribution >= 4 is 11.6 Å². The first-order valence-electron chi connectivity index (χ1n) is 6.01. The third-order valence-corrected chi connectivity index (χ3v) is 2.76. The van der Waals surface area contributed by atoms with Gasteiger partial charge in [0.2, 0.25) is 5.91 Å². The van der Waals surface area contributed by atoms with Crippen LogP contribution in [0.2, 0.25) is 0 Å². The van der Waals surface area contributed by atoms with E-state index in [1.165, 1.54) is 12.1 Å². The normalized spacial score (nSPS) is 19.6. The second-order valence-electron chi connectivity index (χ2n) is 4.50. The van der Waals surface area contributed by atoms with E-state index in [0.29, 0.717) is 25.3 Å². The molecule has 0 spiro atoms. The van der Waals surface area contributed by atoms with E-state index in [9.17, 15) is 9.18 Å². The van der Waals surface area contributed by atoms with Crippen LogP contribution >= 0.6 is 0 Å². The van der Waals surface area contributed by atoms with Gasteiger partial charge in [0.1, 0.15) is 5.82 Å². The quantitative estimate of drug-likeness (QED) is 0.856. The first-order chi connectivity index (χ1) is 8.63. The van der Waals surface area contributed by atoms with E-state index in [-0.39, 0.29) is 17.8 Å². The van der Waals surface area contributed by atoms with Gasteiger partial charge in [0.25, 0.3) is 0 Å². The molecule has 1 aliphatic rings. The zero-order valence-electron chi connectivity index (χ0n) is 10.3. The number of anilines is 1. The molecule has 2 N–H and O–H groups in total. The van der Waals surface area contributed by atoms with Gasteiger partial charge in [-0.1, -0.05) is 0 Å². The van der Waals surface area contributed by atoms with Gasteiger partial charge in [0.15, 0.2) is 0 Å². The number of aryl methyl sites for hydroxylation is 1. The highest BCUT2D eigenvalue weighted by atomic mass is 19.1. The lowest BCUT2D eigenvalue weighted by Crippen LogP contribution is -2.43. The number of benzene rings is 1. The summed E-state index contributed by atoms with van der Waals surface area (Å²) in [5.74, 6) is -0.479. The lowest BCUT2D eigenvalue weighted by atomic mass is 10.1. The Morgan fingerprint density at radius 2 is 2.39 bits per heavy atom. The van der Waals surface area contributed by atoms with Crippen molar-refractivity contribution in [1.29, 1.82) is 0 Å². The highest BCUT2D eigenvalue weighted by Crippen LogP contribution is 2.14. The van der Waals surface area contributed by atoms with Crippen molar-refractivity contribution in [3.05, 3.63) is 29.6 Å². The minimum absolute atomic E-state index is 0.0356. The Morgan fingerprint density at radius 3 is 3.06 bits per heavy atom. The molecule has 18 heavy (non-hydrogen) atoms. The molecule has 0 radical (unpaired) electrons. The van der Waals surface area contributed by atoms with Crippen LogP contribution in [-0.2, 0) is 9.53 Å². The van der Waals surface area contributed by atoms with E-state index >= 15 is 0 Å². The van der Waals surface area contributed by atoms with Gasteiger partial charge in [-0.25, -0.2) is 4.39 Å². The fourth-order valence-electron chi connectivity index (χ4n) is 2.00. The molecular formula is C13H17FN2O2. The van der Waals surface area contributed by atoms with E-state index in [4.69, 9.17) is 4.74 Å². The Kier molecular flexibility index (Phi) is 4.28. The SMILES string of the molecule is Cc1cc(F)cc(NC(=O)CC2COCCN2)c1. The van der Waals surface area contributed by atoms with Crippen molar-refractivity contribution in [1.82, 2.24) is 5.32 Å². The van der Waals surface area contributed by atoms with E-state index in [1.807, 2.05) is 0 Å². The molecule has 0 bridgehead atoms. The van der Waals surface area contributed by atoms with Crippen molar-refractivity contribution < 1.29 is 13.9 Å². The van der Waals surface area contributed by atoms with Crippen LogP contribution in [0.1, 0.15) is 12.0 Å². The lowest BCUT2D eigenvalue weighted by molar-refractivity contribution is -0.117. The minimum atomic E-state index is -0.343. The number of hydrogen-bond donors (Lipinski definition) is 2. The Morgan fingerprint density at radius 1 is 1.56 bits per heavy atom. The summed E-state index contributed by atoms with van der Waals surface area (Å²) in [6.07, 6.45) is 0.329. The van der Waals surface area contributed by atoms with Crippen molar-refractivity contribution in [2.75, 3.05) is 25.1 Å². The predicted molar refractivity (Wildman–Crippen MR) is 67.0 cm³/mol. The molecular weight excluding hydrogens is 235 g/mol. The molecule has 4 nitrogen and oxygen atoms in total. The summed E-state index contributed by atoms with van der Waals surface area (Å²) in [4.78, 5) is 11.8. The van der Waals surface area contributed by atoms with E-state index in [0.717, 1.165) is 12.1 Å². The molecule has 2 rings (SSSR count). The average molecular weight is 252 g/mol. The molecule has 1 atom stereocenters. The minimum Gasteiger partial charge on any atom is -0.378 e. The number of ether oxygens (including phenoxy) is 1. The second kappa shape index (κ2) is 5.93. The average Bonchev–Trinajstić information content (AvgIpc) is 2.28. The highest BCUT2D eigenvalue weighted by Gasteiger charge is 2.16. The van der Waals surface area contributed by atoms with Crippen molar-refractivity contribution in [3.63, 3.8) is 0 Å². The van der Waals surface area contributed by atoms with Crippen LogP contribution in [0.25, 0.3) is 0 Å². The third kappa shape index (κ3) is 3.78. The first-order valence-corrected chi connectivity index (χ1v) is 6.01. The smallest absolute Gasteiger partial charge is 0.226 e. The molecule has 1 amide bonds. The van der Waals surface area contributed by atoms with Gasteiger partial charge in [-0.3, -0.25) is 4.79 Å². The molecule has 0 saturated carbocycles. The fourth-order valence-corrected chi connectivity index (χ4v) is 2.00. The number of amides is 1. The van der Waals surface area contributed by atoms with Crippen LogP contribution in [0.5, 0.6) is 0 Å². The molecule has 1 aliphatic heterocycles. The number of morpholine rings is 1. The standard InChI is InChI=1S/C13H17FN2O2/c1-9-4-10(14)6-11(5-9)16-13(17)7-12-8-18-3-2-15-12/h4-6,12,15H,2-3,7-8H2,1H3,(H,16,17). The summed E-state index contributed by atoms with van der Waals surface area (Å²) >= 11 is 0. The summed E-state index contributed by atoms with van der Waals surface area (Å²) in [6, 6.07) is 4.52. The number of halogens is 1. The summed E-state index contributed by atoms with van der Waals surface area (Å²) in [5.41, 5.74) is 1.28. The highest BCUT2D eigenvalue weighted by molar-refractivity contribution is 5.91. The van der Waals surface area contributed by atoms with Gasteiger partial charge in [0, 0.05) is 24.7 Å². The van der Waals surface area contributed by atoms with Crippen LogP contribution in [0, 0.1) is 12.7 Å². The van der Waals surface area contributed by atoms with Gasteiger partial charge in [-0.2, -0.15) is 0 Å². The van der Waals surface area contributed by atoms with E-state index < -0.39 is 0 Å². The number of carbonyl (C=O) groups is 1. The van der Waals surface area contributed by atoms with Gasteiger partial charge < -0.3 is 15.4 Å². The lowest BCUT2D eigenvalue weighted by Gasteiger charge is -2.23. The molecule has 0 aliphatic carbocycles. The molecule has 1 heterocycles. The molecule has 1 saturated heterocycles. The van der Waals surface area contributed by atoms with Crippen LogP contribution in [-0.4, -0.2) is 31.7 Å². The van der Waals surface area contributed by atoms with E-state index in [2.05, 4.69) is 10.6 Å². The third-order valence-electron chi connectivity index (χ3n) is 2.76. The van der Waals surface area contributed by atoms with Crippen molar-refractivity contribution in [3.8, 4) is 0 Å². The molecule has 98 valence electrons. The summed E-state index contributed by atoms with van der Waals surface area (Å²) < 4.78 is 18.4. The Labute approximate surface area is 106 Å². The molecule has 1 unspecified atom stereocenters. The first kappa shape index (κ1) is 13.0. The summed E-state index contributed by atoms with van der Waals surface area (Å²) in [6.45, 7) is 3.77. The Hall–Kier alpha value is -1.46. The summed E-state index contributed by atoms with van der Waals surface area (Å²) in [7, 11) is 0. The zero-order valence-corrected chi connectivity index (χ0v) is 10.3. The maximum atomic E-state index is 13.2.